The summed E-state index contributed by atoms with van der Waals surface area (Å²) in [6.07, 6.45) is 0. The lowest BCUT2D eigenvalue weighted by Crippen LogP contribution is -2.03. The fourth-order valence-electron chi connectivity index (χ4n) is 1.50. The van der Waals surface area contributed by atoms with E-state index in [9.17, 15) is 9.18 Å². The largest absolute Gasteiger partial charge is 0.478 e. The maximum Gasteiger partial charge on any atom is 0.337 e. The summed E-state index contributed by atoms with van der Waals surface area (Å²) in [5, 5.41) is 9.01. The highest BCUT2D eigenvalue weighted by atomic mass is 35.5. The van der Waals surface area contributed by atoms with Gasteiger partial charge in [-0.3, -0.25) is 0 Å². The smallest absolute Gasteiger partial charge is 0.337 e. The Bertz CT molecular complexity index is 646. The van der Waals surface area contributed by atoms with E-state index in [1.165, 1.54) is 30.3 Å². The van der Waals surface area contributed by atoms with Crippen LogP contribution < -0.4 is 10.5 Å². The number of carbonyl (C=O) groups is 1. The molecule has 0 fully saturated rings. The van der Waals surface area contributed by atoms with E-state index in [4.69, 9.17) is 27.2 Å². The molecule has 3 N–H and O–H groups in total. The quantitative estimate of drug-likeness (QED) is 0.844. The van der Waals surface area contributed by atoms with Crippen LogP contribution in [0.5, 0.6) is 11.5 Å². The van der Waals surface area contributed by atoms with Gasteiger partial charge in [-0.15, -0.1) is 0 Å². The van der Waals surface area contributed by atoms with E-state index in [1.54, 1.807) is 0 Å². The van der Waals surface area contributed by atoms with E-state index in [2.05, 4.69) is 0 Å². The third-order valence-electron chi connectivity index (χ3n) is 2.41. The lowest BCUT2D eigenvalue weighted by atomic mass is 10.1. The number of hydrogen-bond donors (Lipinski definition) is 2. The molecular formula is C13H9ClFNO3. The van der Waals surface area contributed by atoms with Crippen LogP contribution in [0.15, 0.2) is 36.4 Å². The average molecular weight is 282 g/mol. The first-order valence-corrected chi connectivity index (χ1v) is 5.61. The fourth-order valence-corrected chi connectivity index (χ4v) is 1.70. The van der Waals surface area contributed by atoms with E-state index in [0.717, 1.165) is 6.07 Å². The molecule has 0 bridgehead atoms. The lowest BCUT2D eigenvalue weighted by Gasteiger charge is -2.11. The number of halogens is 2. The van der Waals surface area contributed by atoms with Crippen LogP contribution in [0.25, 0.3) is 0 Å². The van der Waals surface area contributed by atoms with Crippen molar-refractivity contribution in [1.29, 1.82) is 0 Å². The number of hydrogen-bond acceptors (Lipinski definition) is 3. The Hall–Kier alpha value is -2.27. The van der Waals surface area contributed by atoms with Crippen LogP contribution in [0.4, 0.5) is 10.1 Å². The van der Waals surface area contributed by atoms with Gasteiger partial charge in [0.1, 0.15) is 11.6 Å². The van der Waals surface area contributed by atoms with Crippen LogP contribution >= 0.6 is 11.6 Å². The highest BCUT2D eigenvalue weighted by molar-refractivity contribution is 6.32. The molecule has 2 aromatic rings. The lowest BCUT2D eigenvalue weighted by molar-refractivity contribution is 0.0697. The van der Waals surface area contributed by atoms with Crippen molar-refractivity contribution in [1.82, 2.24) is 0 Å². The summed E-state index contributed by atoms with van der Waals surface area (Å²) >= 11 is 5.81. The molecule has 0 heterocycles. The molecule has 2 aromatic carbocycles. The second-order valence-electron chi connectivity index (χ2n) is 3.70. The maximum atomic E-state index is 12.9. The molecule has 0 amide bonds. The number of para-hydroxylation sites is 1. The minimum Gasteiger partial charge on any atom is -0.478 e. The number of benzene rings is 2. The van der Waals surface area contributed by atoms with Gasteiger partial charge >= 0.3 is 5.97 Å². The molecule has 6 heteroatoms. The van der Waals surface area contributed by atoms with E-state index < -0.39 is 11.8 Å². The zero-order valence-electron chi connectivity index (χ0n) is 9.56. The average Bonchev–Trinajstić information content (AvgIpc) is 2.34. The first kappa shape index (κ1) is 13.2. The van der Waals surface area contributed by atoms with Crippen molar-refractivity contribution in [3.8, 4) is 11.5 Å². The van der Waals surface area contributed by atoms with Crippen LogP contribution in [0.1, 0.15) is 10.4 Å². The number of ether oxygens (including phenoxy) is 1. The Labute approximate surface area is 113 Å². The molecule has 4 nitrogen and oxygen atoms in total. The van der Waals surface area contributed by atoms with E-state index in [-0.39, 0.29) is 27.8 Å². The molecule has 0 aliphatic heterocycles. The van der Waals surface area contributed by atoms with Gasteiger partial charge in [0.15, 0.2) is 5.75 Å². The highest BCUT2D eigenvalue weighted by Gasteiger charge is 2.13. The molecule has 0 aliphatic carbocycles. The zero-order valence-corrected chi connectivity index (χ0v) is 10.3. The van der Waals surface area contributed by atoms with Crippen molar-refractivity contribution in [3.63, 3.8) is 0 Å². The van der Waals surface area contributed by atoms with Gasteiger partial charge in [-0.2, -0.15) is 0 Å². The van der Waals surface area contributed by atoms with Crippen molar-refractivity contribution in [2.45, 2.75) is 0 Å². The predicted molar refractivity (Wildman–Crippen MR) is 69.3 cm³/mol. The summed E-state index contributed by atoms with van der Waals surface area (Å²) in [5.74, 6) is -1.32. The number of carboxylic acids is 1. The summed E-state index contributed by atoms with van der Waals surface area (Å²) in [4.78, 5) is 10.9. The van der Waals surface area contributed by atoms with Crippen molar-refractivity contribution in [2.24, 2.45) is 0 Å². The van der Waals surface area contributed by atoms with Gasteiger partial charge in [0, 0.05) is 0 Å². The van der Waals surface area contributed by atoms with E-state index >= 15 is 0 Å². The molecule has 0 aliphatic rings. The summed E-state index contributed by atoms with van der Waals surface area (Å²) in [7, 11) is 0. The van der Waals surface area contributed by atoms with Gasteiger partial charge in [0.05, 0.1) is 16.3 Å². The van der Waals surface area contributed by atoms with Crippen molar-refractivity contribution in [3.05, 3.63) is 52.8 Å². The molecule has 0 unspecified atom stereocenters. The van der Waals surface area contributed by atoms with Gasteiger partial charge < -0.3 is 15.6 Å². The predicted octanol–water partition coefficient (Wildman–Crippen LogP) is 3.55. The first-order valence-electron chi connectivity index (χ1n) is 5.23. The second kappa shape index (κ2) is 5.16. The van der Waals surface area contributed by atoms with Gasteiger partial charge in [0.25, 0.3) is 0 Å². The molecule has 2 rings (SSSR count). The zero-order chi connectivity index (χ0) is 14.0. The summed E-state index contributed by atoms with van der Waals surface area (Å²) in [6.45, 7) is 0. The summed E-state index contributed by atoms with van der Waals surface area (Å²) < 4.78 is 18.3. The molecule has 0 radical (unpaired) electrons. The van der Waals surface area contributed by atoms with Crippen LogP contribution in [-0.4, -0.2) is 11.1 Å². The van der Waals surface area contributed by atoms with Gasteiger partial charge in [-0.05, 0) is 30.3 Å². The third kappa shape index (κ3) is 2.77. The van der Waals surface area contributed by atoms with Crippen molar-refractivity contribution < 1.29 is 19.0 Å². The standard InChI is InChI=1S/C13H9ClFNO3/c14-9-6-7(15)4-5-10(9)19-11-3-1-2-8(12(11)16)13(17)18/h1-6H,16H2,(H,17,18). The number of aromatic carboxylic acids is 1. The Morgan fingerprint density at radius 2 is 2.00 bits per heavy atom. The molecule has 0 saturated heterocycles. The SMILES string of the molecule is Nc1c(Oc2ccc(F)cc2Cl)cccc1C(=O)O. The molecule has 0 saturated carbocycles. The molecule has 19 heavy (non-hydrogen) atoms. The fraction of sp³-hybridized carbons (Fsp3) is 0. The second-order valence-corrected chi connectivity index (χ2v) is 4.11. The minimum atomic E-state index is -1.16. The Morgan fingerprint density at radius 1 is 1.26 bits per heavy atom. The Kier molecular flexibility index (Phi) is 3.57. The number of rotatable bonds is 3. The van der Waals surface area contributed by atoms with E-state index in [1.807, 2.05) is 0 Å². The van der Waals surface area contributed by atoms with E-state index in [0.29, 0.717) is 0 Å². The third-order valence-corrected chi connectivity index (χ3v) is 2.71. The Morgan fingerprint density at radius 3 is 2.63 bits per heavy atom. The number of nitrogen functional groups attached to an aromatic ring is 1. The monoisotopic (exact) mass is 281 g/mol. The number of nitrogens with two attached hydrogens (primary N) is 1. The molecule has 98 valence electrons. The van der Waals surface area contributed by atoms with Gasteiger partial charge in [-0.25, -0.2) is 9.18 Å². The van der Waals surface area contributed by atoms with Crippen molar-refractivity contribution in [2.75, 3.05) is 5.73 Å². The van der Waals surface area contributed by atoms with Gasteiger partial charge in [0.2, 0.25) is 0 Å². The van der Waals surface area contributed by atoms with Crippen LogP contribution in [0.3, 0.4) is 0 Å². The number of carboxylic acid groups (broad SMARTS) is 1. The molecule has 0 atom stereocenters. The minimum absolute atomic E-state index is 0.0182. The Balaban J connectivity index is 2.38. The van der Waals surface area contributed by atoms with Crippen LogP contribution in [0.2, 0.25) is 5.02 Å². The van der Waals surface area contributed by atoms with Gasteiger partial charge in [-0.1, -0.05) is 17.7 Å². The normalized spacial score (nSPS) is 10.2. The number of anilines is 1. The highest BCUT2D eigenvalue weighted by Crippen LogP contribution is 2.34. The summed E-state index contributed by atoms with van der Waals surface area (Å²) in [6, 6.07) is 7.96. The van der Waals surface area contributed by atoms with Crippen LogP contribution in [-0.2, 0) is 0 Å². The van der Waals surface area contributed by atoms with Crippen LogP contribution in [0, 0.1) is 5.82 Å². The first-order chi connectivity index (χ1) is 8.99. The molecular weight excluding hydrogens is 273 g/mol. The topological polar surface area (TPSA) is 72.5 Å². The molecule has 0 aromatic heterocycles. The van der Waals surface area contributed by atoms with Crippen molar-refractivity contribution >= 4 is 23.3 Å². The molecule has 0 spiro atoms. The summed E-state index contributed by atoms with van der Waals surface area (Å²) in [5.41, 5.74) is 5.60. The maximum absolute atomic E-state index is 12.9.